The van der Waals surface area contributed by atoms with Gasteiger partial charge in [-0.2, -0.15) is 0 Å². The van der Waals surface area contributed by atoms with E-state index in [1.54, 1.807) is 24.3 Å². The van der Waals surface area contributed by atoms with Crippen LogP contribution in [0.5, 0.6) is 0 Å². The standard InChI is InChI=1S/C13H14O2/c1-9(2)10(3)13(15)12-6-4-11(8-14)5-7-12/h4-8,10H,1H2,2-3H3. The Hall–Kier alpha value is -1.70. The van der Waals surface area contributed by atoms with E-state index < -0.39 is 0 Å². The van der Waals surface area contributed by atoms with Gasteiger partial charge in [-0.3, -0.25) is 9.59 Å². The van der Waals surface area contributed by atoms with E-state index in [4.69, 9.17) is 0 Å². The molecular formula is C13H14O2. The molecule has 0 saturated heterocycles. The summed E-state index contributed by atoms with van der Waals surface area (Å²) in [6.07, 6.45) is 0.760. The Labute approximate surface area is 89.6 Å². The summed E-state index contributed by atoms with van der Waals surface area (Å²) in [6.45, 7) is 7.43. The van der Waals surface area contributed by atoms with E-state index in [-0.39, 0.29) is 11.7 Å². The molecule has 1 aromatic carbocycles. The van der Waals surface area contributed by atoms with Gasteiger partial charge in [-0.05, 0) is 6.92 Å². The number of carbonyl (C=O) groups excluding carboxylic acids is 2. The number of hydrogen-bond acceptors (Lipinski definition) is 2. The number of hydrogen-bond donors (Lipinski definition) is 0. The fourth-order valence-electron chi connectivity index (χ4n) is 1.20. The van der Waals surface area contributed by atoms with Gasteiger partial charge in [0.2, 0.25) is 0 Å². The Morgan fingerprint density at radius 3 is 2.27 bits per heavy atom. The van der Waals surface area contributed by atoms with Crippen LogP contribution in [0.2, 0.25) is 0 Å². The van der Waals surface area contributed by atoms with E-state index >= 15 is 0 Å². The number of rotatable bonds is 4. The van der Waals surface area contributed by atoms with Crippen molar-refractivity contribution in [2.75, 3.05) is 0 Å². The minimum atomic E-state index is -0.174. The van der Waals surface area contributed by atoms with Gasteiger partial charge in [0, 0.05) is 17.0 Å². The first-order valence-corrected chi connectivity index (χ1v) is 4.81. The normalized spacial score (nSPS) is 11.9. The zero-order valence-corrected chi connectivity index (χ0v) is 8.99. The molecule has 0 aliphatic carbocycles. The monoisotopic (exact) mass is 202 g/mol. The highest BCUT2D eigenvalue weighted by Gasteiger charge is 2.15. The molecule has 2 heteroatoms. The zero-order valence-electron chi connectivity index (χ0n) is 8.99. The molecule has 0 heterocycles. The third kappa shape index (κ3) is 2.62. The van der Waals surface area contributed by atoms with Crippen molar-refractivity contribution >= 4 is 12.1 Å². The van der Waals surface area contributed by atoms with Crippen molar-refractivity contribution in [3.05, 3.63) is 47.5 Å². The molecule has 1 unspecified atom stereocenters. The molecule has 0 bridgehead atoms. The zero-order chi connectivity index (χ0) is 11.4. The second-order valence-electron chi connectivity index (χ2n) is 3.67. The molecule has 0 fully saturated rings. The predicted molar refractivity (Wildman–Crippen MR) is 60.1 cm³/mol. The molecule has 0 aliphatic heterocycles. The molecular weight excluding hydrogens is 188 g/mol. The van der Waals surface area contributed by atoms with Crippen LogP contribution in [-0.4, -0.2) is 12.1 Å². The number of aldehydes is 1. The third-order valence-corrected chi connectivity index (χ3v) is 2.46. The number of benzene rings is 1. The summed E-state index contributed by atoms with van der Waals surface area (Å²) in [7, 11) is 0. The Morgan fingerprint density at radius 1 is 1.33 bits per heavy atom. The maximum Gasteiger partial charge on any atom is 0.169 e. The molecule has 0 amide bonds. The number of carbonyl (C=O) groups is 2. The fourth-order valence-corrected chi connectivity index (χ4v) is 1.20. The average Bonchev–Trinajstić information content (AvgIpc) is 2.27. The topological polar surface area (TPSA) is 34.1 Å². The van der Waals surface area contributed by atoms with Crippen molar-refractivity contribution in [3.8, 4) is 0 Å². The molecule has 0 N–H and O–H groups in total. The summed E-state index contributed by atoms with van der Waals surface area (Å²) in [4.78, 5) is 22.3. The highest BCUT2D eigenvalue weighted by atomic mass is 16.1. The van der Waals surface area contributed by atoms with Crippen LogP contribution in [0.25, 0.3) is 0 Å². The third-order valence-electron chi connectivity index (χ3n) is 2.46. The van der Waals surface area contributed by atoms with Gasteiger partial charge in [-0.25, -0.2) is 0 Å². The summed E-state index contributed by atoms with van der Waals surface area (Å²) in [5, 5.41) is 0. The minimum absolute atomic E-state index is 0.0416. The van der Waals surface area contributed by atoms with E-state index in [9.17, 15) is 9.59 Å². The molecule has 2 nitrogen and oxygen atoms in total. The van der Waals surface area contributed by atoms with Gasteiger partial charge in [-0.1, -0.05) is 43.3 Å². The molecule has 0 saturated carbocycles. The smallest absolute Gasteiger partial charge is 0.169 e. The average molecular weight is 202 g/mol. The first-order valence-electron chi connectivity index (χ1n) is 4.81. The van der Waals surface area contributed by atoms with E-state index in [2.05, 4.69) is 6.58 Å². The van der Waals surface area contributed by atoms with Gasteiger partial charge in [0.05, 0.1) is 0 Å². The lowest BCUT2D eigenvalue weighted by Gasteiger charge is -2.09. The summed E-state index contributed by atoms with van der Waals surface area (Å²) in [6, 6.07) is 6.63. The van der Waals surface area contributed by atoms with Crippen LogP contribution >= 0.6 is 0 Å². The molecule has 1 rings (SSSR count). The maximum absolute atomic E-state index is 11.8. The summed E-state index contributed by atoms with van der Waals surface area (Å²) in [5.74, 6) is -0.132. The number of Topliss-reactive ketones (excluding diaryl/α,β-unsaturated/α-hetero) is 1. The van der Waals surface area contributed by atoms with E-state index in [0.29, 0.717) is 11.1 Å². The Morgan fingerprint density at radius 2 is 1.87 bits per heavy atom. The van der Waals surface area contributed by atoms with Crippen LogP contribution in [0.3, 0.4) is 0 Å². The molecule has 15 heavy (non-hydrogen) atoms. The SMILES string of the molecule is C=C(C)C(C)C(=O)c1ccc(C=O)cc1. The molecule has 0 radical (unpaired) electrons. The van der Waals surface area contributed by atoms with Gasteiger partial charge in [-0.15, -0.1) is 0 Å². The predicted octanol–water partition coefficient (Wildman–Crippen LogP) is 2.89. The van der Waals surface area contributed by atoms with Crippen molar-refractivity contribution in [2.24, 2.45) is 5.92 Å². The Bertz CT molecular complexity index is 388. The minimum Gasteiger partial charge on any atom is -0.298 e. The molecule has 1 atom stereocenters. The number of ketones is 1. The van der Waals surface area contributed by atoms with Crippen molar-refractivity contribution in [2.45, 2.75) is 13.8 Å². The van der Waals surface area contributed by atoms with Gasteiger partial charge >= 0.3 is 0 Å². The lowest BCUT2D eigenvalue weighted by Crippen LogP contribution is -2.11. The summed E-state index contributed by atoms with van der Waals surface area (Å²) in [5.41, 5.74) is 2.05. The highest BCUT2D eigenvalue weighted by molar-refractivity contribution is 5.99. The van der Waals surface area contributed by atoms with Gasteiger partial charge in [0.15, 0.2) is 5.78 Å². The van der Waals surface area contributed by atoms with Crippen LogP contribution in [0.15, 0.2) is 36.4 Å². The van der Waals surface area contributed by atoms with Crippen LogP contribution in [0.1, 0.15) is 34.6 Å². The van der Waals surface area contributed by atoms with Crippen molar-refractivity contribution in [3.63, 3.8) is 0 Å². The van der Waals surface area contributed by atoms with Crippen LogP contribution in [0.4, 0.5) is 0 Å². The van der Waals surface area contributed by atoms with Crippen LogP contribution in [0, 0.1) is 5.92 Å². The highest BCUT2D eigenvalue weighted by Crippen LogP contribution is 2.15. The van der Waals surface area contributed by atoms with E-state index in [1.165, 1.54) is 0 Å². The second kappa shape index (κ2) is 4.69. The quantitative estimate of drug-likeness (QED) is 0.427. The fraction of sp³-hybridized carbons (Fsp3) is 0.231. The first-order chi connectivity index (χ1) is 7.06. The van der Waals surface area contributed by atoms with Crippen molar-refractivity contribution in [1.29, 1.82) is 0 Å². The van der Waals surface area contributed by atoms with Crippen molar-refractivity contribution < 1.29 is 9.59 Å². The molecule has 0 spiro atoms. The van der Waals surface area contributed by atoms with Crippen LogP contribution < -0.4 is 0 Å². The second-order valence-corrected chi connectivity index (χ2v) is 3.67. The van der Waals surface area contributed by atoms with Gasteiger partial charge < -0.3 is 0 Å². The summed E-state index contributed by atoms with van der Waals surface area (Å²) >= 11 is 0. The molecule has 0 aliphatic rings. The lowest BCUT2D eigenvalue weighted by molar-refractivity contribution is 0.0947. The summed E-state index contributed by atoms with van der Waals surface area (Å²) < 4.78 is 0. The Kier molecular flexibility index (Phi) is 3.56. The van der Waals surface area contributed by atoms with Gasteiger partial charge in [0.25, 0.3) is 0 Å². The van der Waals surface area contributed by atoms with E-state index in [1.807, 2.05) is 13.8 Å². The van der Waals surface area contributed by atoms with Gasteiger partial charge in [0.1, 0.15) is 6.29 Å². The molecule has 1 aromatic rings. The van der Waals surface area contributed by atoms with Crippen LogP contribution in [-0.2, 0) is 0 Å². The largest absolute Gasteiger partial charge is 0.298 e. The Balaban J connectivity index is 2.92. The van der Waals surface area contributed by atoms with Crippen molar-refractivity contribution in [1.82, 2.24) is 0 Å². The lowest BCUT2D eigenvalue weighted by atomic mass is 9.94. The van der Waals surface area contributed by atoms with E-state index in [0.717, 1.165) is 11.9 Å². The molecule has 78 valence electrons. The first kappa shape index (κ1) is 11.4. The maximum atomic E-state index is 11.8. The molecule has 0 aromatic heterocycles. The number of allylic oxidation sites excluding steroid dienone is 1.